The van der Waals surface area contributed by atoms with Crippen LogP contribution in [0, 0.1) is 6.92 Å². The van der Waals surface area contributed by atoms with Crippen molar-refractivity contribution in [3.8, 4) is 50.2 Å². The molecule has 0 amide bonds. The average Bonchev–Trinajstić information content (AvgIpc) is 3.55. The van der Waals surface area contributed by atoms with Crippen molar-refractivity contribution in [3.63, 3.8) is 0 Å². The Kier molecular flexibility index (Phi) is 7.11. The fourth-order valence-corrected chi connectivity index (χ4v) is 8.20. The van der Waals surface area contributed by atoms with Crippen molar-refractivity contribution in [1.29, 1.82) is 0 Å². The second kappa shape index (κ2) is 12.3. The Morgan fingerprint density at radius 1 is 0.327 bits per heavy atom. The minimum atomic E-state index is 1.17. The zero-order chi connectivity index (χ0) is 34.6. The van der Waals surface area contributed by atoms with Gasteiger partial charge in [-0.05, 0) is 121 Å². The van der Waals surface area contributed by atoms with Gasteiger partial charge in [-0.2, -0.15) is 0 Å². The molecule has 0 saturated carbocycles. The molecule has 1 nitrogen and oxygen atoms in total. The molecule has 0 unspecified atom stereocenters. The van der Waals surface area contributed by atoms with Gasteiger partial charge in [0.25, 0.3) is 0 Å². The van der Waals surface area contributed by atoms with Gasteiger partial charge in [-0.3, -0.25) is 0 Å². The second-order valence-electron chi connectivity index (χ2n) is 13.8. The number of aryl methyl sites for hydroxylation is 1. The van der Waals surface area contributed by atoms with Gasteiger partial charge in [0, 0.05) is 16.5 Å². The highest BCUT2D eigenvalue weighted by Crippen LogP contribution is 2.40. The molecular formula is C51H35N. The molecule has 0 bridgehead atoms. The first-order valence-electron chi connectivity index (χ1n) is 18.0. The van der Waals surface area contributed by atoms with Crippen LogP contribution in [-0.2, 0) is 0 Å². The first-order chi connectivity index (χ1) is 25.7. The molecular weight excluding hydrogens is 627 g/mol. The zero-order valence-electron chi connectivity index (χ0n) is 28.9. The van der Waals surface area contributed by atoms with Gasteiger partial charge in [-0.1, -0.05) is 152 Å². The molecule has 0 saturated heterocycles. The molecule has 0 radical (unpaired) electrons. The topological polar surface area (TPSA) is 4.93 Å². The highest BCUT2D eigenvalue weighted by atomic mass is 15.0. The fourth-order valence-electron chi connectivity index (χ4n) is 8.20. The van der Waals surface area contributed by atoms with E-state index in [1.807, 2.05) is 0 Å². The number of benzene rings is 9. The Bertz CT molecular complexity index is 2840. The summed E-state index contributed by atoms with van der Waals surface area (Å²) in [7, 11) is 0. The summed E-state index contributed by atoms with van der Waals surface area (Å²) in [6.45, 7) is 2.21. The smallest absolute Gasteiger partial charge is 0.0547 e. The van der Waals surface area contributed by atoms with Crippen LogP contribution in [0.2, 0.25) is 0 Å². The lowest BCUT2D eigenvalue weighted by Crippen LogP contribution is -1.93. The predicted molar refractivity (Wildman–Crippen MR) is 222 cm³/mol. The first-order valence-corrected chi connectivity index (χ1v) is 18.0. The highest BCUT2D eigenvalue weighted by molar-refractivity contribution is 6.12. The molecule has 0 atom stereocenters. The largest absolute Gasteiger partial charge is 0.309 e. The molecule has 0 fully saturated rings. The average molecular weight is 662 g/mol. The van der Waals surface area contributed by atoms with E-state index >= 15 is 0 Å². The van der Waals surface area contributed by atoms with Gasteiger partial charge in [-0.15, -0.1) is 0 Å². The molecule has 0 aliphatic carbocycles. The van der Waals surface area contributed by atoms with E-state index in [0.29, 0.717) is 0 Å². The number of rotatable bonds is 5. The molecule has 10 rings (SSSR count). The Hall–Kier alpha value is -6.70. The second-order valence-corrected chi connectivity index (χ2v) is 13.8. The normalized spacial score (nSPS) is 11.6. The number of hydrogen-bond acceptors (Lipinski definition) is 0. The number of aromatic nitrogens is 1. The van der Waals surface area contributed by atoms with E-state index < -0.39 is 0 Å². The van der Waals surface area contributed by atoms with Crippen molar-refractivity contribution < 1.29 is 0 Å². The summed E-state index contributed by atoms with van der Waals surface area (Å²) in [4.78, 5) is 0. The molecule has 1 heteroatoms. The maximum Gasteiger partial charge on any atom is 0.0547 e. The summed E-state index contributed by atoms with van der Waals surface area (Å²) >= 11 is 0. The van der Waals surface area contributed by atoms with E-state index in [-0.39, 0.29) is 0 Å². The molecule has 10 aromatic rings. The van der Waals surface area contributed by atoms with Crippen LogP contribution in [0.4, 0.5) is 0 Å². The van der Waals surface area contributed by atoms with Crippen LogP contribution in [0.5, 0.6) is 0 Å². The Morgan fingerprint density at radius 2 is 0.846 bits per heavy atom. The summed E-state index contributed by atoms with van der Waals surface area (Å²) < 4.78 is 2.41. The van der Waals surface area contributed by atoms with Crippen LogP contribution in [0.1, 0.15) is 5.56 Å². The van der Waals surface area contributed by atoms with Gasteiger partial charge >= 0.3 is 0 Å². The third-order valence-electron chi connectivity index (χ3n) is 10.7. The van der Waals surface area contributed by atoms with E-state index in [0.717, 1.165) is 0 Å². The highest BCUT2D eigenvalue weighted by Gasteiger charge is 2.16. The zero-order valence-corrected chi connectivity index (χ0v) is 28.9. The van der Waals surface area contributed by atoms with Crippen LogP contribution in [0.15, 0.2) is 194 Å². The summed E-state index contributed by atoms with van der Waals surface area (Å²) in [5, 5.41) is 7.62. The minimum absolute atomic E-state index is 1.17. The lowest BCUT2D eigenvalue weighted by molar-refractivity contribution is 1.18. The number of hydrogen-bond donors (Lipinski definition) is 0. The van der Waals surface area contributed by atoms with Crippen LogP contribution < -0.4 is 0 Å². The number of para-hydroxylation sites is 1. The van der Waals surface area contributed by atoms with Crippen LogP contribution >= 0.6 is 0 Å². The van der Waals surface area contributed by atoms with E-state index in [9.17, 15) is 0 Å². The Balaban J connectivity index is 1.12. The standard InChI is InChI=1S/C51H35N/c1-34-12-9-23-49-51(34)48-29-28-39(33-50(48)52(49)43-17-3-2-4-18-43)35-24-26-36(27-25-35)40-30-41(46-21-10-15-37-13-5-7-19-44(37)46)32-42(31-40)47-22-11-16-38-14-6-8-20-45(38)47/h2-33H,1H3. The quantitative estimate of drug-likeness (QED) is 0.173. The monoisotopic (exact) mass is 661 g/mol. The van der Waals surface area contributed by atoms with Crippen LogP contribution in [-0.4, -0.2) is 4.57 Å². The molecule has 244 valence electrons. The van der Waals surface area contributed by atoms with E-state index in [4.69, 9.17) is 0 Å². The van der Waals surface area contributed by atoms with E-state index in [1.165, 1.54) is 99.1 Å². The Labute approximate surface area is 303 Å². The molecule has 0 aliphatic rings. The molecule has 0 aliphatic heterocycles. The molecule has 0 spiro atoms. The minimum Gasteiger partial charge on any atom is -0.309 e. The lowest BCUT2D eigenvalue weighted by Gasteiger charge is -2.15. The van der Waals surface area contributed by atoms with Gasteiger partial charge in [0.05, 0.1) is 11.0 Å². The van der Waals surface area contributed by atoms with Gasteiger partial charge in [0.2, 0.25) is 0 Å². The van der Waals surface area contributed by atoms with Crippen LogP contribution in [0.3, 0.4) is 0 Å². The van der Waals surface area contributed by atoms with Gasteiger partial charge in [0.1, 0.15) is 0 Å². The molecule has 1 heterocycles. The van der Waals surface area contributed by atoms with Crippen molar-refractivity contribution in [3.05, 3.63) is 200 Å². The molecule has 52 heavy (non-hydrogen) atoms. The van der Waals surface area contributed by atoms with Crippen molar-refractivity contribution in [1.82, 2.24) is 4.57 Å². The summed E-state index contributed by atoms with van der Waals surface area (Å²) in [5.74, 6) is 0. The summed E-state index contributed by atoms with van der Waals surface area (Å²) in [6.07, 6.45) is 0. The third kappa shape index (κ3) is 5.01. The Morgan fingerprint density at radius 3 is 1.50 bits per heavy atom. The summed E-state index contributed by atoms with van der Waals surface area (Å²) in [6, 6.07) is 71.1. The maximum atomic E-state index is 2.41. The number of fused-ring (bicyclic) bond motifs is 5. The van der Waals surface area contributed by atoms with Crippen molar-refractivity contribution in [2.24, 2.45) is 0 Å². The lowest BCUT2D eigenvalue weighted by atomic mass is 9.89. The van der Waals surface area contributed by atoms with Crippen molar-refractivity contribution in [2.45, 2.75) is 6.92 Å². The molecule has 1 aromatic heterocycles. The fraction of sp³-hybridized carbons (Fsp3) is 0.0196. The first kappa shape index (κ1) is 30.2. The summed E-state index contributed by atoms with van der Waals surface area (Å²) in [5.41, 5.74) is 14.7. The van der Waals surface area contributed by atoms with Crippen molar-refractivity contribution >= 4 is 43.4 Å². The predicted octanol–water partition coefficient (Wildman–Crippen LogP) is 14.1. The van der Waals surface area contributed by atoms with E-state index in [1.54, 1.807) is 0 Å². The molecule has 9 aromatic carbocycles. The molecule has 0 N–H and O–H groups in total. The van der Waals surface area contributed by atoms with Gasteiger partial charge < -0.3 is 4.57 Å². The van der Waals surface area contributed by atoms with Gasteiger partial charge in [-0.25, -0.2) is 0 Å². The van der Waals surface area contributed by atoms with Gasteiger partial charge in [0.15, 0.2) is 0 Å². The number of nitrogens with zero attached hydrogens (tertiary/aromatic N) is 1. The third-order valence-corrected chi connectivity index (χ3v) is 10.7. The SMILES string of the molecule is Cc1cccc2c1c1ccc(-c3ccc(-c4cc(-c5cccc6ccccc56)cc(-c5cccc6ccccc56)c4)cc3)cc1n2-c1ccccc1. The van der Waals surface area contributed by atoms with Crippen LogP contribution in [0.25, 0.3) is 93.5 Å². The maximum absolute atomic E-state index is 2.41. The van der Waals surface area contributed by atoms with Crippen molar-refractivity contribution in [2.75, 3.05) is 0 Å². The van der Waals surface area contributed by atoms with E-state index in [2.05, 4.69) is 206 Å².